The molecule has 0 aromatic carbocycles. The van der Waals surface area contributed by atoms with Crippen LogP contribution in [0.2, 0.25) is 0 Å². The van der Waals surface area contributed by atoms with Crippen molar-refractivity contribution < 1.29 is 39.3 Å². The third-order valence-electron chi connectivity index (χ3n) is 4.96. The molecule has 1 fully saturated rings. The number of carboxylic acids is 2. The van der Waals surface area contributed by atoms with Crippen LogP contribution in [0.25, 0.3) is 0 Å². The number of aliphatic carboxylic acids is 2. The monoisotopic (exact) mass is 454 g/mol. The zero-order valence-corrected chi connectivity index (χ0v) is 17.1. The molecule has 0 aliphatic carbocycles. The van der Waals surface area contributed by atoms with Crippen molar-refractivity contribution in [2.24, 2.45) is 5.73 Å². The molecule has 1 aliphatic rings. The highest BCUT2D eigenvalue weighted by Crippen LogP contribution is 2.19. The molecule has 176 valence electrons. The number of rotatable bonds is 11. The van der Waals surface area contributed by atoms with Crippen molar-refractivity contribution in [2.45, 2.75) is 49.9 Å². The van der Waals surface area contributed by atoms with E-state index in [9.17, 15) is 34.2 Å². The maximum atomic E-state index is 12.8. The number of carboxylic acid groups (broad SMARTS) is 2. The van der Waals surface area contributed by atoms with E-state index in [0.717, 1.165) is 4.90 Å². The Balaban J connectivity index is 2.04. The Labute approximate surface area is 182 Å². The Morgan fingerprint density at radius 1 is 1.19 bits per heavy atom. The van der Waals surface area contributed by atoms with Gasteiger partial charge in [0.2, 0.25) is 17.7 Å². The van der Waals surface area contributed by atoms with Crippen LogP contribution in [0, 0.1) is 0 Å². The van der Waals surface area contributed by atoms with Crippen molar-refractivity contribution in [1.29, 1.82) is 0 Å². The van der Waals surface area contributed by atoms with Crippen molar-refractivity contribution in [3.05, 3.63) is 18.2 Å². The number of aromatic nitrogens is 2. The Bertz CT molecular complexity index is 845. The van der Waals surface area contributed by atoms with Gasteiger partial charge in [-0.2, -0.15) is 0 Å². The maximum Gasteiger partial charge on any atom is 0.326 e. The average Bonchev–Trinajstić information content (AvgIpc) is 3.42. The average molecular weight is 454 g/mol. The Morgan fingerprint density at radius 2 is 1.88 bits per heavy atom. The molecule has 14 heteroatoms. The molecule has 1 saturated heterocycles. The van der Waals surface area contributed by atoms with Gasteiger partial charge in [-0.15, -0.1) is 0 Å². The summed E-state index contributed by atoms with van der Waals surface area (Å²) in [7, 11) is 0. The zero-order chi connectivity index (χ0) is 23.8. The van der Waals surface area contributed by atoms with Crippen molar-refractivity contribution >= 4 is 29.7 Å². The predicted octanol–water partition coefficient (Wildman–Crippen LogP) is -3.21. The molecular weight excluding hydrogens is 428 g/mol. The van der Waals surface area contributed by atoms with Crippen LogP contribution in [0.4, 0.5) is 0 Å². The first-order valence-corrected chi connectivity index (χ1v) is 9.83. The SMILES string of the molecule is NC(Cc1cnc[nH]1)C(=O)NC(CO)C(=O)NC(CC(=O)O)C(=O)N1CCCC1C(=O)O. The summed E-state index contributed by atoms with van der Waals surface area (Å²) in [5.41, 5.74) is 6.36. The molecule has 0 saturated carbocycles. The van der Waals surface area contributed by atoms with Crippen LogP contribution in [0.5, 0.6) is 0 Å². The molecule has 1 aliphatic heterocycles. The maximum absolute atomic E-state index is 12.8. The summed E-state index contributed by atoms with van der Waals surface area (Å²) in [5, 5.41) is 32.3. The van der Waals surface area contributed by atoms with E-state index in [0.29, 0.717) is 12.1 Å². The number of hydrogen-bond donors (Lipinski definition) is 7. The lowest BCUT2D eigenvalue weighted by molar-refractivity contribution is -0.150. The quantitative estimate of drug-likeness (QED) is 0.177. The topological polar surface area (TPSA) is 228 Å². The first kappa shape index (κ1) is 24.7. The lowest BCUT2D eigenvalue weighted by Crippen LogP contribution is -2.58. The third kappa shape index (κ3) is 6.49. The molecule has 0 radical (unpaired) electrons. The number of amides is 3. The van der Waals surface area contributed by atoms with Crippen molar-refractivity contribution in [3.8, 4) is 0 Å². The summed E-state index contributed by atoms with van der Waals surface area (Å²) in [6.45, 7) is -0.742. The van der Waals surface area contributed by atoms with Gasteiger partial charge in [-0.3, -0.25) is 19.2 Å². The Kier molecular flexibility index (Phi) is 8.66. The number of likely N-dealkylation sites (tertiary alicyclic amines) is 1. The van der Waals surface area contributed by atoms with Gasteiger partial charge in [0.15, 0.2) is 0 Å². The minimum atomic E-state index is -1.58. The Morgan fingerprint density at radius 3 is 2.44 bits per heavy atom. The van der Waals surface area contributed by atoms with E-state index in [4.69, 9.17) is 10.8 Å². The van der Waals surface area contributed by atoms with Crippen molar-refractivity contribution in [1.82, 2.24) is 25.5 Å². The second-order valence-electron chi connectivity index (χ2n) is 7.32. The number of aliphatic hydroxyl groups is 1. The van der Waals surface area contributed by atoms with Gasteiger partial charge in [-0.05, 0) is 12.8 Å². The van der Waals surface area contributed by atoms with E-state index in [1.54, 1.807) is 0 Å². The van der Waals surface area contributed by atoms with Crippen molar-refractivity contribution in [2.75, 3.05) is 13.2 Å². The van der Waals surface area contributed by atoms with E-state index in [-0.39, 0.29) is 19.4 Å². The molecule has 0 bridgehead atoms. The number of nitrogens with two attached hydrogens (primary N) is 1. The summed E-state index contributed by atoms with van der Waals surface area (Å²) in [6, 6.07) is -5.28. The highest BCUT2D eigenvalue weighted by molar-refractivity contribution is 5.95. The molecule has 2 heterocycles. The molecule has 2 rings (SSSR count). The Hall–Kier alpha value is -3.52. The molecule has 32 heavy (non-hydrogen) atoms. The van der Waals surface area contributed by atoms with Crippen LogP contribution in [0.1, 0.15) is 25.0 Å². The number of aromatic amines is 1. The van der Waals surface area contributed by atoms with E-state index < -0.39 is 66.9 Å². The summed E-state index contributed by atoms with van der Waals surface area (Å²) in [5.74, 6) is -5.28. The number of hydrogen-bond acceptors (Lipinski definition) is 8. The van der Waals surface area contributed by atoms with Gasteiger partial charge in [-0.1, -0.05) is 0 Å². The third-order valence-corrected chi connectivity index (χ3v) is 4.96. The molecular formula is C18H26N6O8. The van der Waals surface area contributed by atoms with E-state index in [1.807, 2.05) is 0 Å². The van der Waals surface area contributed by atoms with Crippen LogP contribution in [0.15, 0.2) is 12.5 Å². The highest BCUT2D eigenvalue weighted by atomic mass is 16.4. The fraction of sp³-hybridized carbons (Fsp3) is 0.556. The van der Waals surface area contributed by atoms with Crippen LogP contribution in [0.3, 0.4) is 0 Å². The van der Waals surface area contributed by atoms with E-state index in [1.165, 1.54) is 12.5 Å². The van der Waals surface area contributed by atoms with Gasteiger partial charge in [0, 0.05) is 24.9 Å². The molecule has 1 aromatic heterocycles. The second kappa shape index (κ2) is 11.2. The molecule has 14 nitrogen and oxygen atoms in total. The number of nitrogens with one attached hydrogen (secondary N) is 3. The highest BCUT2D eigenvalue weighted by Gasteiger charge is 2.39. The van der Waals surface area contributed by atoms with Crippen LogP contribution < -0.4 is 16.4 Å². The molecule has 4 atom stereocenters. The molecule has 1 aromatic rings. The first-order chi connectivity index (χ1) is 15.1. The lowest BCUT2D eigenvalue weighted by Gasteiger charge is -2.28. The molecule has 3 amide bonds. The fourth-order valence-corrected chi connectivity index (χ4v) is 3.33. The minimum Gasteiger partial charge on any atom is -0.481 e. The number of H-pyrrole nitrogens is 1. The van der Waals surface area contributed by atoms with Crippen LogP contribution in [-0.4, -0.2) is 97.2 Å². The van der Waals surface area contributed by atoms with Gasteiger partial charge >= 0.3 is 11.9 Å². The van der Waals surface area contributed by atoms with E-state index >= 15 is 0 Å². The number of carbonyl (C=O) groups excluding carboxylic acids is 3. The number of imidazole rings is 1. The summed E-state index contributed by atoms with van der Waals surface area (Å²) in [6.07, 6.45) is 2.77. The smallest absolute Gasteiger partial charge is 0.326 e. The largest absolute Gasteiger partial charge is 0.481 e. The number of carbonyl (C=O) groups is 5. The van der Waals surface area contributed by atoms with Crippen LogP contribution in [-0.2, 0) is 30.4 Å². The summed E-state index contributed by atoms with van der Waals surface area (Å²) < 4.78 is 0. The van der Waals surface area contributed by atoms with Gasteiger partial charge in [0.25, 0.3) is 0 Å². The zero-order valence-electron chi connectivity index (χ0n) is 17.1. The molecule has 4 unspecified atom stereocenters. The standard InChI is InChI=1S/C18H26N6O8/c19-10(4-9-6-20-8-21-9)15(28)23-12(7-25)16(29)22-11(5-14(26)27)17(30)24-3-1-2-13(24)18(31)32/h6,8,10-13,25H,1-5,7,19H2,(H,20,21)(H,22,29)(H,23,28)(H,26,27)(H,31,32). The number of nitrogens with zero attached hydrogens (tertiary/aromatic N) is 2. The number of aliphatic hydroxyl groups excluding tert-OH is 1. The van der Waals surface area contributed by atoms with Crippen LogP contribution >= 0.6 is 0 Å². The predicted molar refractivity (Wildman–Crippen MR) is 106 cm³/mol. The summed E-state index contributed by atoms with van der Waals surface area (Å²) in [4.78, 5) is 67.7. The van der Waals surface area contributed by atoms with Gasteiger partial charge in [0.05, 0.1) is 25.4 Å². The first-order valence-electron chi connectivity index (χ1n) is 9.83. The second-order valence-corrected chi connectivity index (χ2v) is 7.32. The van der Waals surface area contributed by atoms with Gasteiger partial charge < -0.3 is 41.6 Å². The van der Waals surface area contributed by atoms with Gasteiger partial charge in [-0.25, -0.2) is 9.78 Å². The summed E-state index contributed by atoms with van der Waals surface area (Å²) >= 11 is 0. The lowest BCUT2D eigenvalue weighted by atomic mass is 10.1. The van der Waals surface area contributed by atoms with Crippen molar-refractivity contribution in [3.63, 3.8) is 0 Å². The van der Waals surface area contributed by atoms with E-state index in [2.05, 4.69) is 20.6 Å². The minimum absolute atomic E-state index is 0.0806. The molecule has 0 spiro atoms. The van der Waals surface area contributed by atoms with Gasteiger partial charge in [0.1, 0.15) is 18.1 Å². The molecule has 8 N–H and O–H groups in total. The fourth-order valence-electron chi connectivity index (χ4n) is 3.33. The normalized spacial score (nSPS) is 18.4.